The van der Waals surface area contributed by atoms with Gasteiger partial charge in [0.25, 0.3) is 0 Å². The Bertz CT molecular complexity index is 614. The second kappa shape index (κ2) is 5.28. The molecule has 2 aromatic rings. The molecule has 1 saturated carbocycles. The van der Waals surface area contributed by atoms with Crippen molar-refractivity contribution in [3.05, 3.63) is 35.7 Å². The van der Waals surface area contributed by atoms with Gasteiger partial charge in [0.15, 0.2) is 11.6 Å². The lowest BCUT2D eigenvalue weighted by molar-refractivity contribution is 0.290. The molecule has 1 aromatic heterocycles. The van der Waals surface area contributed by atoms with Crippen LogP contribution in [0.3, 0.4) is 0 Å². The van der Waals surface area contributed by atoms with Crippen molar-refractivity contribution in [2.75, 3.05) is 0 Å². The van der Waals surface area contributed by atoms with Crippen LogP contribution >= 0.6 is 0 Å². The molecule has 0 aliphatic heterocycles. The van der Waals surface area contributed by atoms with E-state index in [4.69, 9.17) is 10.3 Å². The van der Waals surface area contributed by atoms with Gasteiger partial charge >= 0.3 is 0 Å². The molecule has 0 bridgehead atoms. The first kappa shape index (κ1) is 13.2. The zero-order valence-corrected chi connectivity index (χ0v) is 10.9. The summed E-state index contributed by atoms with van der Waals surface area (Å²) in [4.78, 5) is 4.28. The van der Waals surface area contributed by atoms with Crippen LogP contribution in [-0.4, -0.2) is 16.2 Å². The molecule has 1 aliphatic rings. The maximum Gasteiger partial charge on any atom is 0.231 e. The van der Waals surface area contributed by atoms with Gasteiger partial charge in [-0.3, -0.25) is 0 Å². The number of rotatable bonds is 2. The normalized spacial score (nSPS) is 22.9. The minimum absolute atomic E-state index is 0.0157. The highest BCUT2D eigenvalue weighted by atomic mass is 19.2. The molecule has 1 heterocycles. The van der Waals surface area contributed by atoms with Crippen molar-refractivity contribution in [3.8, 4) is 11.4 Å². The molecule has 2 N–H and O–H groups in total. The highest BCUT2D eigenvalue weighted by Gasteiger charge is 2.28. The van der Waals surface area contributed by atoms with Gasteiger partial charge in [0, 0.05) is 11.6 Å². The van der Waals surface area contributed by atoms with Crippen molar-refractivity contribution in [1.29, 1.82) is 0 Å². The fourth-order valence-corrected chi connectivity index (χ4v) is 2.60. The van der Waals surface area contributed by atoms with Crippen molar-refractivity contribution in [2.45, 2.75) is 37.6 Å². The maximum atomic E-state index is 13.2. The summed E-state index contributed by atoms with van der Waals surface area (Å²) in [5, 5.41) is 3.84. The molecule has 0 radical (unpaired) electrons. The van der Waals surface area contributed by atoms with Crippen molar-refractivity contribution in [2.24, 2.45) is 5.73 Å². The zero-order valence-electron chi connectivity index (χ0n) is 10.9. The fourth-order valence-electron chi connectivity index (χ4n) is 2.60. The Balaban J connectivity index is 1.87. The molecule has 1 aromatic carbocycles. The molecule has 0 amide bonds. The molecule has 20 heavy (non-hydrogen) atoms. The van der Waals surface area contributed by atoms with Crippen LogP contribution in [0, 0.1) is 11.6 Å². The molecule has 6 heteroatoms. The zero-order chi connectivity index (χ0) is 14.1. The highest BCUT2D eigenvalue weighted by molar-refractivity contribution is 5.54. The van der Waals surface area contributed by atoms with Gasteiger partial charge in [0.05, 0.1) is 5.92 Å². The molecule has 3 rings (SSSR count). The molecule has 1 fully saturated rings. The van der Waals surface area contributed by atoms with Gasteiger partial charge < -0.3 is 10.3 Å². The molecule has 0 saturated heterocycles. The summed E-state index contributed by atoms with van der Waals surface area (Å²) >= 11 is 0. The highest BCUT2D eigenvalue weighted by Crippen LogP contribution is 2.32. The Morgan fingerprint density at radius 1 is 1.15 bits per heavy atom. The molecule has 4 nitrogen and oxygen atoms in total. The van der Waals surface area contributed by atoms with Crippen molar-refractivity contribution < 1.29 is 13.3 Å². The van der Waals surface area contributed by atoms with E-state index in [1.165, 1.54) is 6.07 Å². The lowest BCUT2D eigenvalue weighted by atomic mass is 9.85. The van der Waals surface area contributed by atoms with Crippen LogP contribution in [0.15, 0.2) is 22.7 Å². The third kappa shape index (κ3) is 2.43. The van der Waals surface area contributed by atoms with Crippen molar-refractivity contribution in [3.63, 3.8) is 0 Å². The van der Waals surface area contributed by atoms with Crippen LogP contribution in [0.25, 0.3) is 11.4 Å². The number of halogens is 2. The van der Waals surface area contributed by atoms with E-state index in [1.54, 1.807) is 0 Å². The summed E-state index contributed by atoms with van der Waals surface area (Å²) < 4.78 is 31.4. The summed E-state index contributed by atoms with van der Waals surface area (Å²) in [5.41, 5.74) is 6.46. The van der Waals surface area contributed by atoms with Crippen LogP contribution in [-0.2, 0) is 0 Å². The van der Waals surface area contributed by atoms with E-state index in [1.807, 2.05) is 0 Å². The molecule has 1 aliphatic carbocycles. The minimum atomic E-state index is -0.928. The largest absolute Gasteiger partial charge is 0.339 e. The Labute approximate surface area is 115 Å². The quantitative estimate of drug-likeness (QED) is 0.917. The van der Waals surface area contributed by atoms with Gasteiger partial charge in [0.1, 0.15) is 0 Å². The first-order chi connectivity index (χ1) is 9.65. The lowest BCUT2D eigenvalue weighted by Crippen LogP contribution is -2.31. The van der Waals surface area contributed by atoms with Gasteiger partial charge in [-0.25, -0.2) is 8.78 Å². The summed E-state index contributed by atoms with van der Waals surface area (Å²) in [6.45, 7) is 0. The van der Waals surface area contributed by atoms with Crippen LogP contribution < -0.4 is 5.73 Å². The maximum absolute atomic E-state index is 13.2. The molecular weight excluding hydrogens is 264 g/mol. The molecule has 0 spiro atoms. The van der Waals surface area contributed by atoms with E-state index in [-0.39, 0.29) is 17.8 Å². The summed E-state index contributed by atoms with van der Waals surface area (Å²) in [6.07, 6.45) is 4.05. The van der Waals surface area contributed by atoms with Gasteiger partial charge in [0.2, 0.25) is 11.7 Å². The molecule has 2 unspecified atom stereocenters. The number of aromatic nitrogens is 2. The molecule has 2 atom stereocenters. The third-order valence-corrected chi connectivity index (χ3v) is 3.76. The number of benzene rings is 1. The van der Waals surface area contributed by atoms with Crippen LogP contribution in [0.2, 0.25) is 0 Å². The fraction of sp³-hybridized carbons (Fsp3) is 0.429. The summed E-state index contributed by atoms with van der Waals surface area (Å²) in [6, 6.07) is 3.55. The second-order valence-corrected chi connectivity index (χ2v) is 5.14. The Kier molecular flexibility index (Phi) is 3.48. The molecular formula is C14H15F2N3O. The molecule has 106 valence electrons. The Hall–Kier alpha value is -1.82. The first-order valence-electron chi connectivity index (χ1n) is 6.70. The van der Waals surface area contributed by atoms with Gasteiger partial charge in [-0.15, -0.1) is 0 Å². The summed E-state index contributed by atoms with van der Waals surface area (Å²) in [7, 11) is 0. The number of hydrogen-bond acceptors (Lipinski definition) is 4. The average Bonchev–Trinajstić information content (AvgIpc) is 2.92. The number of nitrogens with two attached hydrogens (primary N) is 1. The van der Waals surface area contributed by atoms with Crippen LogP contribution in [0.1, 0.15) is 37.5 Å². The van der Waals surface area contributed by atoms with Crippen molar-refractivity contribution >= 4 is 0 Å². The summed E-state index contributed by atoms with van der Waals surface area (Å²) in [5.74, 6) is -1.03. The monoisotopic (exact) mass is 279 g/mol. The van der Waals surface area contributed by atoms with E-state index in [9.17, 15) is 8.78 Å². The van der Waals surface area contributed by atoms with E-state index in [0.717, 1.165) is 37.8 Å². The van der Waals surface area contributed by atoms with E-state index < -0.39 is 11.6 Å². The standard InChI is InChI=1S/C14H15F2N3O/c15-10-6-5-8(7-11(10)16)13-18-14(20-19-13)9-3-1-2-4-12(9)17/h5-7,9,12H,1-4,17H2. The third-order valence-electron chi connectivity index (χ3n) is 3.76. The van der Waals surface area contributed by atoms with Crippen LogP contribution in [0.4, 0.5) is 8.78 Å². The van der Waals surface area contributed by atoms with Gasteiger partial charge in [-0.1, -0.05) is 18.0 Å². The smallest absolute Gasteiger partial charge is 0.231 e. The first-order valence-corrected chi connectivity index (χ1v) is 6.70. The average molecular weight is 279 g/mol. The predicted octanol–water partition coefficient (Wildman–Crippen LogP) is 3.00. The van der Waals surface area contributed by atoms with Gasteiger partial charge in [-0.2, -0.15) is 4.98 Å². The van der Waals surface area contributed by atoms with Gasteiger partial charge in [-0.05, 0) is 31.0 Å². The lowest BCUT2D eigenvalue weighted by Gasteiger charge is -2.25. The van der Waals surface area contributed by atoms with E-state index in [2.05, 4.69) is 10.1 Å². The second-order valence-electron chi connectivity index (χ2n) is 5.14. The SMILES string of the molecule is NC1CCCCC1c1nc(-c2ccc(F)c(F)c2)no1. The van der Waals surface area contributed by atoms with E-state index in [0.29, 0.717) is 11.5 Å². The number of hydrogen-bond donors (Lipinski definition) is 1. The topological polar surface area (TPSA) is 64.9 Å². The van der Waals surface area contributed by atoms with Crippen molar-refractivity contribution in [1.82, 2.24) is 10.1 Å². The predicted molar refractivity (Wildman–Crippen MR) is 68.8 cm³/mol. The minimum Gasteiger partial charge on any atom is -0.339 e. The Morgan fingerprint density at radius 3 is 2.70 bits per heavy atom. The van der Waals surface area contributed by atoms with Crippen LogP contribution in [0.5, 0.6) is 0 Å². The number of nitrogens with zero attached hydrogens (tertiary/aromatic N) is 2. The Morgan fingerprint density at radius 2 is 1.95 bits per heavy atom. The van der Waals surface area contributed by atoms with E-state index >= 15 is 0 Å².